The third-order valence-electron chi connectivity index (χ3n) is 7.66. The highest BCUT2D eigenvalue weighted by Gasteiger charge is 2.33. The second kappa shape index (κ2) is 15.9. The Balaban J connectivity index is 1.54. The summed E-state index contributed by atoms with van der Waals surface area (Å²) in [5, 5.41) is 29.1. The first-order chi connectivity index (χ1) is 22.1. The summed E-state index contributed by atoms with van der Waals surface area (Å²) in [6.45, 7) is 3.52. The van der Waals surface area contributed by atoms with E-state index in [2.05, 4.69) is 20.9 Å². The van der Waals surface area contributed by atoms with Gasteiger partial charge in [0, 0.05) is 18.0 Å². The SMILES string of the molecule is COc1ccc(C[C@H](NC(=O)[C@@H](NC(=O)[C@H](Cc2ccc(OC)cc2)NC(=O)c2ccnc3ccccc23)C(C)C)B(O)O)cc1. The topological polar surface area (TPSA) is 159 Å². The van der Waals surface area contributed by atoms with Crippen molar-refractivity contribution in [1.82, 2.24) is 20.9 Å². The molecule has 3 amide bonds. The number of carbonyl (C=O) groups is 3. The molecular formula is C34H39BN4O7. The highest BCUT2D eigenvalue weighted by atomic mass is 16.5. The van der Waals surface area contributed by atoms with Crippen molar-refractivity contribution >= 4 is 35.7 Å². The molecule has 240 valence electrons. The van der Waals surface area contributed by atoms with Gasteiger partial charge < -0.3 is 35.5 Å². The Labute approximate surface area is 268 Å². The molecule has 0 aliphatic carbocycles. The number of pyridine rings is 1. The Kier molecular flexibility index (Phi) is 11.7. The summed E-state index contributed by atoms with van der Waals surface area (Å²) in [4.78, 5) is 45.2. The van der Waals surface area contributed by atoms with Crippen molar-refractivity contribution in [2.24, 2.45) is 5.92 Å². The van der Waals surface area contributed by atoms with Gasteiger partial charge in [0.2, 0.25) is 11.8 Å². The number of rotatable bonds is 14. The minimum atomic E-state index is -1.85. The van der Waals surface area contributed by atoms with Crippen LogP contribution in [0.5, 0.6) is 11.5 Å². The summed E-state index contributed by atoms with van der Waals surface area (Å²) >= 11 is 0. The van der Waals surface area contributed by atoms with E-state index in [1.807, 2.05) is 6.07 Å². The van der Waals surface area contributed by atoms with E-state index >= 15 is 0 Å². The van der Waals surface area contributed by atoms with E-state index in [0.29, 0.717) is 28.0 Å². The molecule has 1 heterocycles. The quantitative estimate of drug-likeness (QED) is 0.134. The molecule has 0 fully saturated rings. The van der Waals surface area contributed by atoms with Crippen LogP contribution < -0.4 is 25.4 Å². The number of benzene rings is 3. The van der Waals surface area contributed by atoms with Crippen LogP contribution in [-0.4, -0.2) is 72.1 Å². The normalized spacial score (nSPS) is 12.9. The summed E-state index contributed by atoms with van der Waals surface area (Å²) in [6.07, 6.45) is 1.79. The Hall–Kier alpha value is -4.94. The van der Waals surface area contributed by atoms with Crippen molar-refractivity contribution < 1.29 is 33.9 Å². The van der Waals surface area contributed by atoms with E-state index < -0.39 is 42.9 Å². The maximum Gasteiger partial charge on any atom is 0.475 e. The van der Waals surface area contributed by atoms with Crippen LogP contribution in [0.4, 0.5) is 0 Å². The van der Waals surface area contributed by atoms with Crippen molar-refractivity contribution in [3.8, 4) is 11.5 Å². The van der Waals surface area contributed by atoms with Crippen LogP contribution in [0.2, 0.25) is 0 Å². The van der Waals surface area contributed by atoms with E-state index in [1.54, 1.807) is 101 Å². The molecule has 0 saturated carbocycles. The highest BCUT2D eigenvalue weighted by Crippen LogP contribution is 2.18. The lowest BCUT2D eigenvalue weighted by Crippen LogP contribution is -2.59. The number of methoxy groups -OCH3 is 2. The fourth-order valence-corrected chi connectivity index (χ4v) is 5.04. The molecular weight excluding hydrogens is 587 g/mol. The van der Waals surface area contributed by atoms with Crippen molar-refractivity contribution in [1.29, 1.82) is 0 Å². The van der Waals surface area contributed by atoms with Gasteiger partial charge in [-0.05, 0) is 59.9 Å². The molecule has 11 nitrogen and oxygen atoms in total. The highest BCUT2D eigenvalue weighted by molar-refractivity contribution is 6.43. The van der Waals surface area contributed by atoms with E-state index in [9.17, 15) is 24.4 Å². The summed E-state index contributed by atoms with van der Waals surface area (Å²) in [5.41, 5.74) is 2.50. The Bertz CT molecular complexity index is 1630. The average Bonchev–Trinajstić information content (AvgIpc) is 3.06. The van der Waals surface area contributed by atoms with Gasteiger partial charge in [-0.1, -0.05) is 56.3 Å². The summed E-state index contributed by atoms with van der Waals surface area (Å²) in [6, 6.07) is 20.8. The molecule has 0 bridgehead atoms. The predicted molar refractivity (Wildman–Crippen MR) is 175 cm³/mol. The first kappa shape index (κ1) is 33.9. The molecule has 4 aromatic rings. The number of nitrogens with one attached hydrogen (secondary N) is 3. The molecule has 46 heavy (non-hydrogen) atoms. The van der Waals surface area contributed by atoms with Crippen molar-refractivity contribution in [2.75, 3.05) is 14.2 Å². The van der Waals surface area contributed by atoms with E-state index in [0.717, 1.165) is 11.1 Å². The zero-order chi connectivity index (χ0) is 33.2. The first-order valence-electron chi connectivity index (χ1n) is 15.0. The standard InChI is InChI=1S/C34H39BN4O7/c1-21(2)31(34(42)38-30(35(43)44)20-23-11-15-25(46-4)16-12-23)39-33(41)29(19-22-9-13-24(45-3)14-10-22)37-32(40)27-17-18-36-28-8-6-5-7-26(27)28/h5-18,21,29-31,43-44H,19-20H2,1-4H3,(H,37,40)(H,38,42)(H,39,41)/t29-,30-,31-/m0/s1. The molecule has 0 saturated heterocycles. The fourth-order valence-electron chi connectivity index (χ4n) is 5.04. The number of nitrogens with zero attached hydrogens (tertiary/aromatic N) is 1. The molecule has 0 aliphatic rings. The third kappa shape index (κ3) is 8.83. The minimum Gasteiger partial charge on any atom is -0.497 e. The number of amides is 3. The average molecular weight is 627 g/mol. The molecule has 0 spiro atoms. The number of carbonyl (C=O) groups excluding carboxylic acids is 3. The van der Waals surface area contributed by atoms with Gasteiger partial charge in [0.05, 0.1) is 31.2 Å². The fraction of sp³-hybridized carbons (Fsp3) is 0.294. The monoisotopic (exact) mass is 626 g/mol. The molecule has 3 aromatic carbocycles. The van der Waals surface area contributed by atoms with Gasteiger partial charge in [0.1, 0.15) is 23.6 Å². The molecule has 12 heteroatoms. The van der Waals surface area contributed by atoms with Gasteiger partial charge in [-0.15, -0.1) is 0 Å². The zero-order valence-corrected chi connectivity index (χ0v) is 26.3. The van der Waals surface area contributed by atoms with Gasteiger partial charge in [0.15, 0.2) is 0 Å². The van der Waals surface area contributed by atoms with Gasteiger partial charge >= 0.3 is 7.12 Å². The largest absolute Gasteiger partial charge is 0.497 e. The Morgan fingerprint density at radius 2 is 1.35 bits per heavy atom. The molecule has 0 radical (unpaired) electrons. The van der Waals surface area contributed by atoms with Crippen molar-refractivity contribution in [3.63, 3.8) is 0 Å². The number of fused-ring (bicyclic) bond motifs is 1. The van der Waals surface area contributed by atoms with Gasteiger partial charge in [-0.2, -0.15) is 0 Å². The lowest BCUT2D eigenvalue weighted by atomic mass is 9.75. The van der Waals surface area contributed by atoms with E-state index in [-0.39, 0.29) is 18.8 Å². The maximum absolute atomic E-state index is 13.8. The molecule has 4 rings (SSSR count). The third-order valence-corrected chi connectivity index (χ3v) is 7.66. The molecule has 0 unspecified atom stereocenters. The summed E-state index contributed by atoms with van der Waals surface area (Å²) in [5.74, 6) is -1.77. The van der Waals surface area contributed by atoms with E-state index in [4.69, 9.17) is 9.47 Å². The predicted octanol–water partition coefficient (Wildman–Crippen LogP) is 2.47. The van der Waals surface area contributed by atoms with Gasteiger partial charge in [-0.25, -0.2) is 0 Å². The Morgan fingerprint density at radius 3 is 1.91 bits per heavy atom. The lowest BCUT2D eigenvalue weighted by molar-refractivity contribution is -0.131. The van der Waals surface area contributed by atoms with Crippen LogP contribution in [0.1, 0.15) is 35.3 Å². The van der Waals surface area contributed by atoms with Gasteiger partial charge in [0.25, 0.3) is 5.91 Å². The molecule has 3 atom stereocenters. The lowest BCUT2D eigenvalue weighted by Gasteiger charge is -2.27. The van der Waals surface area contributed by atoms with Crippen molar-refractivity contribution in [2.45, 2.75) is 44.7 Å². The zero-order valence-electron chi connectivity index (χ0n) is 26.3. The molecule has 0 aliphatic heterocycles. The van der Waals surface area contributed by atoms with Crippen LogP contribution in [0, 0.1) is 5.92 Å². The molecule has 5 N–H and O–H groups in total. The smallest absolute Gasteiger partial charge is 0.475 e. The van der Waals surface area contributed by atoms with E-state index in [1.165, 1.54) is 6.20 Å². The number of para-hydroxylation sites is 1. The number of ether oxygens (including phenoxy) is 2. The number of aromatic nitrogens is 1. The second-order valence-corrected chi connectivity index (χ2v) is 11.3. The summed E-state index contributed by atoms with van der Waals surface area (Å²) in [7, 11) is 1.25. The van der Waals surface area contributed by atoms with Gasteiger partial charge in [-0.3, -0.25) is 19.4 Å². The molecule has 1 aromatic heterocycles. The second-order valence-electron chi connectivity index (χ2n) is 11.3. The number of hydrogen-bond donors (Lipinski definition) is 5. The van der Waals surface area contributed by atoms with Crippen LogP contribution in [-0.2, 0) is 22.4 Å². The first-order valence-corrected chi connectivity index (χ1v) is 15.0. The van der Waals surface area contributed by atoms with Crippen molar-refractivity contribution in [3.05, 3.63) is 102 Å². The maximum atomic E-state index is 13.8. The van der Waals surface area contributed by atoms with Crippen LogP contribution >= 0.6 is 0 Å². The van der Waals surface area contributed by atoms with Crippen LogP contribution in [0.15, 0.2) is 85.1 Å². The Morgan fingerprint density at radius 1 is 0.761 bits per heavy atom. The van der Waals surface area contributed by atoms with Crippen LogP contribution in [0.3, 0.4) is 0 Å². The minimum absolute atomic E-state index is 0.127. The number of hydrogen-bond acceptors (Lipinski definition) is 8. The summed E-state index contributed by atoms with van der Waals surface area (Å²) < 4.78 is 10.4. The van der Waals surface area contributed by atoms with Crippen LogP contribution in [0.25, 0.3) is 10.9 Å².